The third-order valence-corrected chi connectivity index (χ3v) is 5.60. The van der Waals surface area contributed by atoms with Crippen LogP contribution in [0.3, 0.4) is 0 Å². The van der Waals surface area contributed by atoms with Crippen LogP contribution < -0.4 is 5.32 Å². The molecule has 0 unspecified atom stereocenters. The first-order valence-corrected chi connectivity index (χ1v) is 8.83. The van der Waals surface area contributed by atoms with Crippen molar-refractivity contribution in [2.75, 3.05) is 6.54 Å². The SMILES string of the molecule is O=C1CCN(C2CCCCCCC2)C(=O)C2(CCCC2)N1. The number of carbonyl (C=O) groups excluding carboxylic acids is 2. The maximum atomic E-state index is 13.1. The summed E-state index contributed by atoms with van der Waals surface area (Å²) in [5.74, 6) is 0.287. The zero-order valence-electron chi connectivity index (χ0n) is 13.0. The van der Waals surface area contributed by atoms with Crippen LogP contribution in [-0.2, 0) is 9.59 Å². The van der Waals surface area contributed by atoms with Gasteiger partial charge in [0.15, 0.2) is 0 Å². The molecule has 3 fully saturated rings. The number of nitrogens with zero attached hydrogens (tertiary/aromatic N) is 1. The van der Waals surface area contributed by atoms with Gasteiger partial charge in [0.25, 0.3) is 0 Å². The van der Waals surface area contributed by atoms with Crippen molar-refractivity contribution in [3.63, 3.8) is 0 Å². The van der Waals surface area contributed by atoms with Crippen molar-refractivity contribution in [3.8, 4) is 0 Å². The molecule has 1 heterocycles. The molecular weight excluding hydrogens is 264 g/mol. The first kappa shape index (κ1) is 14.9. The lowest BCUT2D eigenvalue weighted by Gasteiger charge is -2.37. The molecular formula is C17H28N2O2. The van der Waals surface area contributed by atoms with Crippen LogP contribution >= 0.6 is 0 Å². The summed E-state index contributed by atoms with van der Waals surface area (Å²) in [6.07, 6.45) is 12.9. The molecule has 2 saturated carbocycles. The molecule has 1 N–H and O–H groups in total. The molecule has 3 aliphatic rings. The van der Waals surface area contributed by atoms with Crippen LogP contribution in [0, 0.1) is 0 Å². The van der Waals surface area contributed by atoms with E-state index < -0.39 is 5.54 Å². The Hall–Kier alpha value is -1.06. The third kappa shape index (κ3) is 3.09. The van der Waals surface area contributed by atoms with Gasteiger partial charge in [-0.1, -0.05) is 44.9 Å². The van der Waals surface area contributed by atoms with Crippen LogP contribution in [0.15, 0.2) is 0 Å². The van der Waals surface area contributed by atoms with E-state index in [0.717, 1.165) is 38.5 Å². The smallest absolute Gasteiger partial charge is 0.248 e. The number of rotatable bonds is 1. The van der Waals surface area contributed by atoms with Crippen LogP contribution in [0.1, 0.15) is 77.0 Å². The van der Waals surface area contributed by atoms with E-state index in [1.165, 1.54) is 32.1 Å². The molecule has 1 aliphatic heterocycles. The van der Waals surface area contributed by atoms with E-state index >= 15 is 0 Å². The Balaban J connectivity index is 1.78. The first-order valence-electron chi connectivity index (χ1n) is 8.83. The molecule has 118 valence electrons. The Labute approximate surface area is 127 Å². The van der Waals surface area contributed by atoms with E-state index in [1.807, 2.05) is 0 Å². The third-order valence-electron chi connectivity index (χ3n) is 5.60. The highest BCUT2D eigenvalue weighted by Gasteiger charge is 2.47. The molecule has 0 aromatic rings. The Morgan fingerprint density at radius 3 is 2.19 bits per heavy atom. The minimum atomic E-state index is -0.560. The highest BCUT2D eigenvalue weighted by atomic mass is 16.2. The molecule has 1 spiro atoms. The van der Waals surface area contributed by atoms with Crippen LogP contribution in [0.25, 0.3) is 0 Å². The molecule has 0 bridgehead atoms. The van der Waals surface area contributed by atoms with Crippen molar-refractivity contribution in [1.82, 2.24) is 10.2 Å². The van der Waals surface area contributed by atoms with E-state index in [2.05, 4.69) is 10.2 Å². The summed E-state index contributed by atoms with van der Waals surface area (Å²) in [5, 5.41) is 3.07. The number of hydrogen-bond acceptors (Lipinski definition) is 2. The quantitative estimate of drug-likeness (QED) is 0.808. The summed E-state index contributed by atoms with van der Waals surface area (Å²) in [6, 6.07) is 0.364. The van der Waals surface area contributed by atoms with E-state index in [1.54, 1.807) is 0 Å². The average Bonchev–Trinajstić information content (AvgIpc) is 2.85. The van der Waals surface area contributed by atoms with Gasteiger partial charge >= 0.3 is 0 Å². The minimum Gasteiger partial charge on any atom is -0.342 e. The molecule has 0 aromatic carbocycles. The molecule has 2 aliphatic carbocycles. The second-order valence-electron chi connectivity index (χ2n) is 7.08. The molecule has 3 rings (SSSR count). The zero-order chi connectivity index (χ0) is 14.7. The predicted molar refractivity (Wildman–Crippen MR) is 81.8 cm³/mol. The number of amides is 2. The van der Waals surface area contributed by atoms with Gasteiger partial charge in [-0.2, -0.15) is 0 Å². The van der Waals surface area contributed by atoms with Gasteiger partial charge in [-0.25, -0.2) is 0 Å². The van der Waals surface area contributed by atoms with Crippen molar-refractivity contribution in [3.05, 3.63) is 0 Å². The zero-order valence-corrected chi connectivity index (χ0v) is 13.0. The Morgan fingerprint density at radius 1 is 0.905 bits per heavy atom. The maximum absolute atomic E-state index is 13.1. The number of hydrogen-bond donors (Lipinski definition) is 1. The summed E-state index contributed by atoms with van der Waals surface area (Å²) in [4.78, 5) is 27.3. The summed E-state index contributed by atoms with van der Waals surface area (Å²) in [7, 11) is 0. The summed E-state index contributed by atoms with van der Waals surface area (Å²) < 4.78 is 0. The fourth-order valence-corrected chi connectivity index (χ4v) is 4.39. The van der Waals surface area contributed by atoms with Crippen LogP contribution in [0.4, 0.5) is 0 Å². The van der Waals surface area contributed by atoms with Crippen molar-refractivity contribution in [1.29, 1.82) is 0 Å². The van der Waals surface area contributed by atoms with Crippen molar-refractivity contribution < 1.29 is 9.59 Å². The van der Waals surface area contributed by atoms with Crippen molar-refractivity contribution in [2.24, 2.45) is 0 Å². The van der Waals surface area contributed by atoms with E-state index in [9.17, 15) is 9.59 Å². The van der Waals surface area contributed by atoms with E-state index in [4.69, 9.17) is 0 Å². The molecule has 0 radical (unpaired) electrons. The van der Waals surface area contributed by atoms with Gasteiger partial charge in [0.2, 0.25) is 11.8 Å². The molecule has 4 heteroatoms. The fourth-order valence-electron chi connectivity index (χ4n) is 4.39. The molecule has 0 aromatic heterocycles. The molecule has 1 saturated heterocycles. The predicted octanol–water partition coefficient (Wildman–Crippen LogP) is 2.76. The molecule has 2 amide bonds. The maximum Gasteiger partial charge on any atom is 0.248 e. The lowest BCUT2D eigenvalue weighted by Crippen LogP contribution is -2.57. The van der Waals surface area contributed by atoms with Gasteiger partial charge in [-0.15, -0.1) is 0 Å². The second-order valence-corrected chi connectivity index (χ2v) is 7.08. The molecule has 4 nitrogen and oxygen atoms in total. The highest BCUT2D eigenvalue weighted by Crippen LogP contribution is 2.35. The first-order chi connectivity index (χ1) is 10.2. The summed E-state index contributed by atoms with van der Waals surface area (Å²) >= 11 is 0. The van der Waals surface area contributed by atoms with E-state index in [0.29, 0.717) is 19.0 Å². The topological polar surface area (TPSA) is 49.4 Å². The average molecular weight is 292 g/mol. The second kappa shape index (κ2) is 6.37. The van der Waals surface area contributed by atoms with Gasteiger partial charge in [-0.05, 0) is 25.7 Å². The fraction of sp³-hybridized carbons (Fsp3) is 0.882. The minimum absolute atomic E-state index is 0.0681. The lowest BCUT2D eigenvalue weighted by atomic mass is 9.91. The Kier molecular flexibility index (Phi) is 4.51. The largest absolute Gasteiger partial charge is 0.342 e. The normalized spacial score (nSPS) is 28.1. The summed E-state index contributed by atoms with van der Waals surface area (Å²) in [5.41, 5.74) is -0.560. The van der Waals surface area contributed by atoms with E-state index in [-0.39, 0.29) is 11.8 Å². The lowest BCUT2D eigenvalue weighted by molar-refractivity contribution is -0.141. The number of carbonyl (C=O) groups is 2. The van der Waals surface area contributed by atoms with Gasteiger partial charge in [0, 0.05) is 19.0 Å². The highest BCUT2D eigenvalue weighted by molar-refractivity contribution is 5.94. The van der Waals surface area contributed by atoms with Crippen molar-refractivity contribution in [2.45, 2.75) is 88.6 Å². The molecule has 0 atom stereocenters. The Bertz CT molecular complexity index is 394. The van der Waals surface area contributed by atoms with Crippen molar-refractivity contribution >= 4 is 11.8 Å². The van der Waals surface area contributed by atoms with Crippen LogP contribution in [-0.4, -0.2) is 34.8 Å². The standard InChI is InChI=1S/C17H28N2O2/c20-15-10-13-19(14-8-4-2-1-3-5-9-14)16(21)17(18-15)11-6-7-12-17/h14H,1-13H2,(H,18,20). The molecule has 21 heavy (non-hydrogen) atoms. The van der Waals surface area contributed by atoms with Crippen LogP contribution in [0.5, 0.6) is 0 Å². The van der Waals surface area contributed by atoms with Crippen LogP contribution in [0.2, 0.25) is 0 Å². The monoisotopic (exact) mass is 292 g/mol. The van der Waals surface area contributed by atoms with Gasteiger partial charge < -0.3 is 10.2 Å². The number of nitrogens with one attached hydrogen (secondary N) is 1. The van der Waals surface area contributed by atoms with Gasteiger partial charge in [0.05, 0.1) is 0 Å². The Morgan fingerprint density at radius 2 is 1.52 bits per heavy atom. The van der Waals surface area contributed by atoms with Gasteiger partial charge in [-0.3, -0.25) is 9.59 Å². The van der Waals surface area contributed by atoms with Gasteiger partial charge in [0.1, 0.15) is 5.54 Å². The summed E-state index contributed by atoms with van der Waals surface area (Å²) in [6.45, 7) is 0.622.